The monoisotopic (exact) mass is 278 g/mol. The fourth-order valence-electron chi connectivity index (χ4n) is 1.55. The van der Waals surface area contributed by atoms with Crippen molar-refractivity contribution in [3.63, 3.8) is 0 Å². The largest absolute Gasteiger partial charge is 0.487 e. The molecule has 6 nitrogen and oxygen atoms in total. The molecule has 0 atom stereocenters. The van der Waals surface area contributed by atoms with E-state index < -0.39 is 0 Å². The van der Waals surface area contributed by atoms with Crippen LogP contribution in [0.25, 0.3) is 0 Å². The zero-order valence-corrected chi connectivity index (χ0v) is 11.6. The van der Waals surface area contributed by atoms with Crippen molar-refractivity contribution in [2.75, 3.05) is 13.2 Å². The summed E-state index contributed by atoms with van der Waals surface area (Å²) in [5.74, 6) is 2.43. The molecule has 6 heteroatoms. The normalized spacial score (nSPS) is 10.8. The van der Waals surface area contributed by atoms with Crippen LogP contribution >= 0.6 is 0 Å². The van der Waals surface area contributed by atoms with Crippen molar-refractivity contribution in [1.82, 2.24) is 10.1 Å². The van der Waals surface area contributed by atoms with E-state index in [4.69, 9.17) is 19.1 Å². The lowest BCUT2D eigenvalue weighted by Crippen LogP contribution is -2.04. The zero-order chi connectivity index (χ0) is 14.4. The van der Waals surface area contributed by atoms with Gasteiger partial charge in [-0.1, -0.05) is 31.1 Å². The Morgan fingerprint density at radius 2 is 1.90 bits per heavy atom. The first-order valence-corrected chi connectivity index (χ1v) is 6.48. The summed E-state index contributed by atoms with van der Waals surface area (Å²) in [5, 5.41) is 12.6. The second kappa shape index (κ2) is 6.91. The third-order valence-electron chi connectivity index (χ3n) is 2.53. The Morgan fingerprint density at radius 1 is 1.20 bits per heavy atom. The van der Waals surface area contributed by atoms with Gasteiger partial charge in [0.1, 0.15) is 6.61 Å². The summed E-state index contributed by atoms with van der Waals surface area (Å²) in [6, 6.07) is 7.25. The maximum absolute atomic E-state index is 8.78. The van der Waals surface area contributed by atoms with Gasteiger partial charge in [0.15, 0.2) is 18.1 Å². The van der Waals surface area contributed by atoms with Gasteiger partial charge in [-0.2, -0.15) is 4.98 Å². The molecule has 1 heterocycles. The van der Waals surface area contributed by atoms with Crippen molar-refractivity contribution >= 4 is 0 Å². The number of para-hydroxylation sites is 2. The van der Waals surface area contributed by atoms with E-state index in [0.29, 0.717) is 23.2 Å². The van der Waals surface area contributed by atoms with Crippen LogP contribution in [0.4, 0.5) is 0 Å². The summed E-state index contributed by atoms with van der Waals surface area (Å²) in [6.45, 7) is 4.35. The number of hydrogen-bond acceptors (Lipinski definition) is 6. The minimum atomic E-state index is -0.0447. The Hall–Kier alpha value is -2.08. The SMILES string of the molecule is CC(C)c1nc(COc2ccccc2OCCO)no1. The fourth-order valence-corrected chi connectivity index (χ4v) is 1.55. The number of nitrogens with zero attached hydrogens (tertiary/aromatic N) is 2. The molecule has 0 spiro atoms. The van der Waals surface area contributed by atoms with E-state index in [1.165, 1.54) is 0 Å². The van der Waals surface area contributed by atoms with E-state index in [0.717, 1.165) is 0 Å². The van der Waals surface area contributed by atoms with Crippen molar-refractivity contribution < 1.29 is 19.1 Å². The predicted octanol–water partition coefficient (Wildman–Crippen LogP) is 2.14. The topological polar surface area (TPSA) is 77.6 Å². The molecule has 2 aromatic rings. The lowest BCUT2D eigenvalue weighted by atomic mass is 10.2. The summed E-state index contributed by atoms with van der Waals surface area (Å²) in [7, 11) is 0. The van der Waals surface area contributed by atoms with Gasteiger partial charge in [-0.25, -0.2) is 0 Å². The second-order valence-corrected chi connectivity index (χ2v) is 4.51. The van der Waals surface area contributed by atoms with E-state index >= 15 is 0 Å². The molecule has 0 aliphatic heterocycles. The molecule has 2 rings (SSSR count). The molecule has 1 aromatic carbocycles. The molecule has 0 amide bonds. The van der Waals surface area contributed by atoms with Crippen LogP contribution in [0, 0.1) is 0 Å². The van der Waals surface area contributed by atoms with Crippen molar-refractivity contribution in [3.8, 4) is 11.5 Å². The Bertz CT molecular complexity index is 539. The molecule has 0 saturated heterocycles. The maximum Gasteiger partial charge on any atom is 0.229 e. The van der Waals surface area contributed by atoms with Gasteiger partial charge in [-0.05, 0) is 12.1 Å². The van der Waals surface area contributed by atoms with Gasteiger partial charge >= 0.3 is 0 Å². The van der Waals surface area contributed by atoms with Gasteiger partial charge in [-0.3, -0.25) is 0 Å². The summed E-state index contributed by atoms with van der Waals surface area (Å²) in [4.78, 5) is 4.23. The smallest absolute Gasteiger partial charge is 0.229 e. The summed E-state index contributed by atoms with van der Waals surface area (Å²) < 4.78 is 16.1. The minimum Gasteiger partial charge on any atom is -0.487 e. The molecule has 0 radical (unpaired) electrons. The van der Waals surface area contributed by atoms with E-state index in [1.54, 1.807) is 12.1 Å². The van der Waals surface area contributed by atoms with E-state index in [-0.39, 0.29) is 25.7 Å². The van der Waals surface area contributed by atoms with Crippen molar-refractivity contribution in [2.24, 2.45) is 0 Å². The Balaban J connectivity index is 1.99. The maximum atomic E-state index is 8.78. The van der Waals surface area contributed by atoms with Crippen LogP contribution in [0.3, 0.4) is 0 Å². The molecule has 0 fully saturated rings. The highest BCUT2D eigenvalue weighted by Crippen LogP contribution is 2.27. The molecule has 1 N–H and O–H groups in total. The molecular formula is C14H18N2O4. The molecule has 0 aliphatic carbocycles. The zero-order valence-electron chi connectivity index (χ0n) is 11.6. The quantitative estimate of drug-likeness (QED) is 0.836. The number of aliphatic hydroxyl groups is 1. The first-order chi connectivity index (χ1) is 9.70. The Morgan fingerprint density at radius 3 is 2.50 bits per heavy atom. The number of benzene rings is 1. The van der Waals surface area contributed by atoms with Gasteiger partial charge in [0.25, 0.3) is 0 Å². The van der Waals surface area contributed by atoms with E-state index in [9.17, 15) is 0 Å². The molecule has 1 aromatic heterocycles. The van der Waals surface area contributed by atoms with E-state index in [2.05, 4.69) is 10.1 Å². The Kier molecular flexibility index (Phi) is 4.95. The lowest BCUT2D eigenvalue weighted by molar-refractivity contribution is 0.191. The van der Waals surface area contributed by atoms with Gasteiger partial charge in [-0.15, -0.1) is 0 Å². The van der Waals surface area contributed by atoms with Crippen LogP contribution in [0.5, 0.6) is 11.5 Å². The van der Waals surface area contributed by atoms with Crippen LogP contribution in [0.2, 0.25) is 0 Å². The lowest BCUT2D eigenvalue weighted by Gasteiger charge is -2.10. The Labute approximate surface area is 117 Å². The number of hydrogen-bond donors (Lipinski definition) is 1. The third-order valence-corrected chi connectivity index (χ3v) is 2.53. The molecule has 20 heavy (non-hydrogen) atoms. The van der Waals surface area contributed by atoms with Gasteiger partial charge < -0.3 is 19.1 Å². The summed E-state index contributed by atoms with van der Waals surface area (Å²) in [5.41, 5.74) is 0. The highest BCUT2D eigenvalue weighted by molar-refractivity contribution is 5.39. The number of ether oxygens (including phenoxy) is 2. The predicted molar refractivity (Wildman–Crippen MR) is 71.7 cm³/mol. The molecule has 108 valence electrons. The van der Waals surface area contributed by atoms with Crippen molar-refractivity contribution in [3.05, 3.63) is 36.0 Å². The first-order valence-electron chi connectivity index (χ1n) is 6.48. The van der Waals surface area contributed by atoms with Crippen LogP contribution in [0.1, 0.15) is 31.5 Å². The minimum absolute atomic E-state index is 0.0447. The standard InChI is InChI=1S/C14H18N2O4/c1-10(2)14-15-13(16-20-14)9-19-12-6-4-3-5-11(12)18-8-7-17/h3-6,10,17H,7-9H2,1-2H3. The summed E-state index contributed by atoms with van der Waals surface area (Å²) in [6.07, 6.45) is 0. The van der Waals surface area contributed by atoms with Gasteiger partial charge in [0.05, 0.1) is 6.61 Å². The fraction of sp³-hybridized carbons (Fsp3) is 0.429. The van der Waals surface area contributed by atoms with Crippen LogP contribution in [-0.4, -0.2) is 28.5 Å². The first kappa shape index (κ1) is 14.3. The van der Waals surface area contributed by atoms with Gasteiger partial charge in [0, 0.05) is 5.92 Å². The summed E-state index contributed by atoms with van der Waals surface area (Å²) >= 11 is 0. The van der Waals surface area contributed by atoms with Crippen molar-refractivity contribution in [1.29, 1.82) is 0 Å². The third kappa shape index (κ3) is 3.71. The van der Waals surface area contributed by atoms with Crippen LogP contribution in [0.15, 0.2) is 28.8 Å². The molecule has 0 bridgehead atoms. The van der Waals surface area contributed by atoms with Crippen molar-refractivity contribution in [2.45, 2.75) is 26.4 Å². The van der Waals surface area contributed by atoms with Crippen LogP contribution in [-0.2, 0) is 6.61 Å². The van der Waals surface area contributed by atoms with Gasteiger partial charge in [0.2, 0.25) is 11.7 Å². The van der Waals surface area contributed by atoms with E-state index in [1.807, 2.05) is 26.0 Å². The molecular weight excluding hydrogens is 260 g/mol. The highest BCUT2D eigenvalue weighted by atomic mass is 16.5. The number of aromatic nitrogens is 2. The molecule has 0 aliphatic rings. The molecule has 0 saturated carbocycles. The number of aliphatic hydroxyl groups excluding tert-OH is 1. The second-order valence-electron chi connectivity index (χ2n) is 4.51. The number of rotatable bonds is 7. The van der Waals surface area contributed by atoms with Crippen LogP contribution < -0.4 is 9.47 Å². The highest BCUT2D eigenvalue weighted by Gasteiger charge is 2.11. The average molecular weight is 278 g/mol. The average Bonchev–Trinajstić information content (AvgIpc) is 2.93. The molecule has 0 unspecified atom stereocenters.